The molecule has 1 aromatic carbocycles. The van der Waals surface area contributed by atoms with Gasteiger partial charge in [0.1, 0.15) is 17.0 Å². The van der Waals surface area contributed by atoms with Crippen LogP contribution < -0.4 is 27.1 Å². The number of rotatable bonds is 5. The van der Waals surface area contributed by atoms with Crippen molar-refractivity contribution in [2.45, 2.75) is 13.5 Å². The Morgan fingerprint density at radius 2 is 1.76 bits per heavy atom. The second-order valence-corrected chi connectivity index (χ2v) is 7.38. The number of carbonyl (C=O) groups excluding carboxylic acids is 2. The van der Waals surface area contributed by atoms with Gasteiger partial charge >= 0.3 is 6.03 Å². The quantitative estimate of drug-likeness (QED) is 0.363. The van der Waals surface area contributed by atoms with Crippen molar-refractivity contribution < 1.29 is 9.59 Å². The molecule has 0 fully saturated rings. The van der Waals surface area contributed by atoms with Crippen molar-refractivity contribution in [3.05, 3.63) is 76.7 Å². The number of hydrogen-bond donors (Lipinski definition) is 4. The topological polar surface area (TPSA) is 144 Å². The molecule has 0 bridgehead atoms. The molecule has 0 atom stereocenters. The predicted molar refractivity (Wildman–Crippen MR) is 132 cm³/mol. The van der Waals surface area contributed by atoms with Gasteiger partial charge in [-0.1, -0.05) is 12.1 Å². The zero-order chi connectivity index (χ0) is 24.2. The Morgan fingerprint density at radius 3 is 2.41 bits per heavy atom. The molecule has 3 heterocycles. The van der Waals surface area contributed by atoms with Gasteiger partial charge in [0, 0.05) is 31.0 Å². The van der Waals surface area contributed by atoms with Crippen LogP contribution >= 0.6 is 0 Å². The highest BCUT2D eigenvalue weighted by Gasteiger charge is 2.20. The van der Waals surface area contributed by atoms with Gasteiger partial charge in [0.2, 0.25) is 5.43 Å². The summed E-state index contributed by atoms with van der Waals surface area (Å²) in [5.74, 6) is -0.463. The van der Waals surface area contributed by atoms with Crippen LogP contribution in [0.25, 0.3) is 22.3 Å². The first-order valence-electron chi connectivity index (χ1n) is 10.6. The monoisotopic (exact) mass is 457 g/mol. The standard InChI is InChI=1S/C24H23N7O3/c1-3-31-21(25)19(23(33)26-2)20(32)17-10-11-18(30-22(17)31)14-6-8-15(9-7-14)28-24(34)29-16-5-4-12-27-13-16/h4-13H,3,25H2,1-2H3,(H,26,33)(H2,28,29,34). The second-order valence-electron chi connectivity index (χ2n) is 7.38. The number of aryl methyl sites for hydroxylation is 1. The Labute approximate surface area is 194 Å². The summed E-state index contributed by atoms with van der Waals surface area (Å²) in [6.45, 7) is 2.29. The molecule has 3 aromatic heterocycles. The minimum atomic E-state index is -0.536. The number of pyridine rings is 3. The molecule has 0 spiro atoms. The fraction of sp³-hybridized carbons (Fsp3) is 0.125. The van der Waals surface area contributed by atoms with E-state index in [0.717, 1.165) is 5.56 Å². The normalized spacial score (nSPS) is 10.6. The van der Waals surface area contributed by atoms with Crippen LogP contribution in [0, 0.1) is 0 Å². The third kappa shape index (κ3) is 4.29. The highest BCUT2D eigenvalue weighted by atomic mass is 16.2. The number of urea groups is 1. The fourth-order valence-electron chi connectivity index (χ4n) is 3.61. The summed E-state index contributed by atoms with van der Waals surface area (Å²) >= 11 is 0. The first-order valence-corrected chi connectivity index (χ1v) is 10.6. The van der Waals surface area contributed by atoms with Crippen LogP contribution in [0.5, 0.6) is 0 Å². The summed E-state index contributed by atoms with van der Waals surface area (Å²) in [4.78, 5) is 45.9. The number of nitrogens with zero attached hydrogens (tertiary/aromatic N) is 3. The van der Waals surface area contributed by atoms with Crippen LogP contribution in [0.1, 0.15) is 17.3 Å². The second kappa shape index (κ2) is 9.41. The van der Waals surface area contributed by atoms with Crippen LogP contribution in [0.3, 0.4) is 0 Å². The largest absolute Gasteiger partial charge is 0.384 e. The Hall–Kier alpha value is -4.73. The molecule has 10 nitrogen and oxygen atoms in total. The van der Waals surface area contributed by atoms with E-state index in [0.29, 0.717) is 34.6 Å². The minimum Gasteiger partial charge on any atom is -0.384 e. The van der Waals surface area contributed by atoms with Crippen molar-refractivity contribution in [2.75, 3.05) is 23.4 Å². The summed E-state index contributed by atoms with van der Waals surface area (Å²) in [6, 6.07) is 13.6. The molecule has 0 radical (unpaired) electrons. The molecule has 4 rings (SSSR count). The van der Waals surface area contributed by atoms with E-state index in [4.69, 9.17) is 5.73 Å². The van der Waals surface area contributed by atoms with E-state index in [2.05, 4.69) is 25.9 Å². The van der Waals surface area contributed by atoms with Crippen molar-refractivity contribution in [3.63, 3.8) is 0 Å². The smallest absolute Gasteiger partial charge is 0.323 e. The van der Waals surface area contributed by atoms with Crippen molar-refractivity contribution in [2.24, 2.45) is 0 Å². The van der Waals surface area contributed by atoms with Crippen molar-refractivity contribution in [1.82, 2.24) is 19.9 Å². The number of anilines is 3. The van der Waals surface area contributed by atoms with Crippen molar-refractivity contribution >= 4 is 40.2 Å². The van der Waals surface area contributed by atoms with E-state index in [9.17, 15) is 14.4 Å². The third-order valence-corrected chi connectivity index (χ3v) is 5.28. The maximum absolute atomic E-state index is 12.9. The average Bonchev–Trinajstić information content (AvgIpc) is 2.85. The van der Waals surface area contributed by atoms with Crippen LogP contribution in [0.15, 0.2) is 65.7 Å². The molecule has 172 valence electrons. The van der Waals surface area contributed by atoms with Gasteiger partial charge in [-0.05, 0) is 43.3 Å². The number of nitrogens with two attached hydrogens (primary N) is 1. The van der Waals surface area contributed by atoms with Gasteiger partial charge in [0.05, 0.1) is 23.0 Å². The Morgan fingerprint density at radius 1 is 1.03 bits per heavy atom. The highest BCUT2D eigenvalue weighted by molar-refractivity contribution is 6.02. The lowest BCUT2D eigenvalue weighted by molar-refractivity contribution is 0.0962. The van der Waals surface area contributed by atoms with Gasteiger partial charge in [-0.15, -0.1) is 0 Å². The zero-order valence-corrected chi connectivity index (χ0v) is 18.6. The molecular formula is C24H23N7O3. The molecule has 0 aliphatic heterocycles. The summed E-state index contributed by atoms with van der Waals surface area (Å²) in [5.41, 5.74) is 8.58. The summed E-state index contributed by atoms with van der Waals surface area (Å²) in [5, 5.41) is 8.22. The van der Waals surface area contributed by atoms with Crippen LogP contribution in [0.4, 0.5) is 22.0 Å². The number of nitrogen functional groups attached to an aromatic ring is 1. The van der Waals surface area contributed by atoms with Gasteiger partial charge in [-0.25, -0.2) is 9.78 Å². The molecule has 0 saturated heterocycles. The number of fused-ring (bicyclic) bond motifs is 1. The number of nitrogens with one attached hydrogen (secondary N) is 3. The Kier molecular flexibility index (Phi) is 6.22. The van der Waals surface area contributed by atoms with E-state index in [1.54, 1.807) is 53.4 Å². The molecule has 34 heavy (non-hydrogen) atoms. The minimum absolute atomic E-state index is 0.0724. The van der Waals surface area contributed by atoms with Crippen LogP contribution in [0.2, 0.25) is 0 Å². The van der Waals surface area contributed by atoms with E-state index in [1.165, 1.54) is 7.05 Å². The molecular weight excluding hydrogens is 434 g/mol. The molecule has 0 saturated carbocycles. The third-order valence-electron chi connectivity index (χ3n) is 5.28. The van der Waals surface area contributed by atoms with E-state index >= 15 is 0 Å². The van der Waals surface area contributed by atoms with Crippen molar-refractivity contribution in [1.29, 1.82) is 0 Å². The highest BCUT2D eigenvalue weighted by Crippen LogP contribution is 2.24. The number of carbonyl (C=O) groups is 2. The van der Waals surface area contributed by atoms with Crippen molar-refractivity contribution in [3.8, 4) is 11.3 Å². The van der Waals surface area contributed by atoms with Gasteiger partial charge in [0.15, 0.2) is 0 Å². The van der Waals surface area contributed by atoms with E-state index in [1.807, 2.05) is 19.1 Å². The SMILES string of the molecule is CCn1c(N)c(C(=O)NC)c(=O)c2ccc(-c3ccc(NC(=O)Nc4cccnc4)cc3)nc21. The average molecular weight is 457 g/mol. The lowest BCUT2D eigenvalue weighted by Gasteiger charge is -2.15. The van der Waals surface area contributed by atoms with Crippen LogP contribution in [-0.2, 0) is 6.54 Å². The molecule has 3 amide bonds. The summed E-state index contributed by atoms with van der Waals surface area (Å²) < 4.78 is 1.64. The molecule has 0 unspecified atom stereocenters. The number of hydrogen-bond acceptors (Lipinski definition) is 6. The first kappa shape index (κ1) is 22.5. The van der Waals surface area contributed by atoms with Gasteiger partial charge < -0.3 is 26.3 Å². The predicted octanol–water partition coefficient (Wildman–Crippen LogP) is 3.06. The maximum Gasteiger partial charge on any atom is 0.323 e. The zero-order valence-electron chi connectivity index (χ0n) is 18.6. The van der Waals surface area contributed by atoms with Gasteiger partial charge in [-0.2, -0.15) is 0 Å². The summed E-state index contributed by atoms with van der Waals surface area (Å²) in [7, 11) is 1.45. The molecule has 10 heteroatoms. The fourth-order valence-corrected chi connectivity index (χ4v) is 3.61. The number of aromatic nitrogens is 3. The lowest BCUT2D eigenvalue weighted by Crippen LogP contribution is -2.30. The molecule has 0 aliphatic rings. The Bertz CT molecular complexity index is 1430. The molecule has 0 aliphatic carbocycles. The number of amides is 3. The maximum atomic E-state index is 12.9. The first-order chi connectivity index (χ1) is 16.4. The summed E-state index contributed by atoms with van der Waals surface area (Å²) in [6.07, 6.45) is 3.17. The van der Waals surface area contributed by atoms with Crippen LogP contribution in [-0.4, -0.2) is 33.5 Å². The van der Waals surface area contributed by atoms with E-state index < -0.39 is 11.3 Å². The molecule has 5 N–H and O–H groups in total. The number of benzene rings is 1. The lowest BCUT2D eigenvalue weighted by atomic mass is 10.1. The molecule has 4 aromatic rings. The van der Waals surface area contributed by atoms with E-state index in [-0.39, 0.29) is 17.4 Å². The Balaban J connectivity index is 1.63. The van der Waals surface area contributed by atoms with Gasteiger partial charge in [0.25, 0.3) is 5.91 Å². The van der Waals surface area contributed by atoms with Gasteiger partial charge in [-0.3, -0.25) is 14.6 Å².